The van der Waals surface area contributed by atoms with Crippen LogP contribution in [-0.2, 0) is 7.05 Å². The van der Waals surface area contributed by atoms with E-state index in [0.29, 0.717) is 5.92 Å². The van der Waals surface area contributed by atoms with Gasteiger partial charge in [-0.1, -0.05) is 6.42 Å². The lowest BCUT2D eigenvalue weighted by atomic mass is 9.82. The number of rotatable bonds is 1. The van der Waals surface area contributed by atoms with E-state index < -0.39 is 0 Å². The van der Waals surface area contributed by atoms with Crippen LogP contribution in [0, 0.1) is 0 Å². The normalized spacial score (nSPS) is 16.9. The third-order valence-electron chi connectivity index (χ3n) is 3.40. The van der Waals surface area contributed by atoms with Crippen LogP contribution in [0.1, 0.15) is 30.9 Å². The zero-order chi connectivity index (χ0) is 10.4. The highest BCUT2D eigenvalue weighted by molar-refractivity contribution is 5.85. The first-order chi connectivity index (χ1) is 7.25. The van der Waals surface area contributed by atoms with Crippen molar-refractivity contribution < 1.29 is 0 Å². The van der Waals surface area contributed by atoms with E-state index in [-0.39, 0.29) is 0 Å². The summed E-state index contributed by atoms with van der Waals surface area (Å²) in [6.45, 7) is 0. The molecule has 1 heterocycles. The van der Waals surface area contributed by atoms with Crippen molar-refractivity contribution in [2.24, 2.45) is 7.05 Å². The number of anilines is 1. The molecule has 2 N–H and O–H groups in total. The Morgan fingerprint density at radius 1 is 1.40 bits per heavy atom. The van der Waals surface area contributed by atoms with Crippen molar-refractivity contribution in [2.45, 2.75) is 25.2 Å². The lowest BCUT2D eigenvalue weighted by molar-refractivity contribution is 0.399. The molecule has 3 rings (SSSR count). The molecule has 2 aromatic rings. The summed E-state index contributed by atoms with van der Waals surface area (Å²) in [6.07, 6.45) is 3.96. The maximum absolute atomic E-state index is 5.76. The van der Waals surface area contributed by atoms with Crippen LogP contribution in [0.25, 0.3) is 10.9 Å². The second-order valence-corrected chi connectivity index (χ2v) is 4.41. The summed E-state index contributed by atoms with van der Waals surface area (Å²) in [5, 5.41) is 5.79. The summed E-state index contributed by atoms with van der Waals surface area (Å²) < 4.78 is 2.02. The standard InChI is InChI=1S/C12H15N3/c1-15-12(8-3-2-4-8)10-6-5-9(13)7-11(10)14-15/h5-8H,2-4,13H2,1H3. The molecule has 1 saturated carbocycles. The van der Waals surface area contributed by atoms with Gasteiger partial charge >= 0.3 is 0 Å². The van der Waals surface area contributed by atoms with Crippen molar-refractivity contribution in [3.05, 3.63) is 23.9 Å². The number of hydrogen-bond acceptors (Lipinski definition) is 2. The third-order valence-corrected chi connectivity index (χ3v) is 3.40. The van der Waals surface area contributed by atoms with E-state index >= 15 is 0 Å². The Balaban J connectivity index is 2.23. The van der Waals surface area contributed by atoms with Crippen LogP contribution in [0.5, 0.6) is 0 Å². The van der Waals surface area contributed by atoms with E-state index in [0.717, 1.165) is 11.2 Å². The molecule has 78 valence electrons. The van der Waals surface area contributed by atoms with Gasteiger partial charge in [-0.3, -0.25) is 4.68 Å². The molecule has 0 aliphatic heterocycles. The van der Waals surface area contributed by atoms with Crippen molar-refractivity contribution in [1.29, 1.82) is 0 Å². The van der Waals surface area contributed by atoms with Crippen LogP contribution in [0.3, 0.4) is 0 Å². The first-order valence-electron chi connectivity index (χ1n) is 5.48. The molecule has 0 radical (unpaired) electrons. The van der Waals surface area contributed by atoms with E-state index in [9.17, 15) is 0 Å². The number of aryl methyl sites for hydroxylation is 1. The zero-order valence-electron chi connectivity index (χ0n) is 8.90. The Morgan fingerprint density at radius 2 is 2.20 bits per heavy atom. The topological polar surface area (TPSA) is 43.8 Å². The zero-order valence-corrected chi connectivity index (χ0v) is 8.90. The van der Waals surface area contributed by atoms with Crippen molar-refractivity contribution in [1.82, 2.24) is 9.78 Å². The molecule has 0 spiro atoms. The molecule has 1 aromatic carbocycles. The van der Waals surface area contributed by atoms with Crippen molar-refractivity contribution in [2.75, 3.05) is 5.73 Å². The third kappa shape index (κ3) is 1.23. The number of nitrogens with zero attached hydrogens (tertiary/aromatic N) is 2. The van der Waals surface area contributed by atoms with E-state index in [1.807, 2.05) is 23.9 Å². The van der Waals surface area contributed by atoms with Crippen LogP contribution in [0.15, 0.2) is 18.2 Å². The van der Waals surface area contributed by atoms with Gasteiger partial charge in [0, 0.05) is 29.7 Å². The Morgan fingerprint density at radius 3 is 2.87 bits per heavy atom. The molecule has 0 saturated heterocycles. The van der Waals surface area contributed by atoms with Crippen LogP contribution >= 0.6 is 0 Å². The minimum Gasteiger partial charge on any atom is -0.399 e. The summed E-state index contributed by atoms with van der Waals surface area (Å²) in [5.41, 5.74) is 8.96. The lowest BCUT2D eigenvalue weighted by Gasteiger charge is -2.25. The number of aromatic nitrogens is 2. The minimum atomic E-state index is 0.712. The predicted octanol–water partition coefficient (Wildman–Crippen LogP) is 2.42. The number of fused-ring (bicyclic) bond motifs is 1. The summed E-state index contributed by atoms with van der Waals surface area (Å²) >= 11 is 0. The first kappa shape index (κ1) is 8.77. The largest absolute Gasteiger partial charge is 0.399 e. The molecule has 3 heteroatoms. The van der Waals surface area contributed by atoms with Gasteiger partial charge in [-0.2, -0.15) is 5.10 Å². The van der Waals surface area contributed by atoms with Crippen molar-refractivity contribution in [3.8, 4) is 0 Å². The molecular weight excluding hydrogens is 186 g/mol. The Hall–Kier alpha value is -1.51. The number of nitrogen functional groups attached to an aromatic ring is 1. The average molecular weight is 201 g/mol. The average Bonchev–Trinajstić information content (AvgIpc) is 2.40. The van der Waals surface area contributed by atoms with Crippen molar-refractivity contribution >= 4 is 16.6 Å². The number of benzene rings is 1. The molecule has 0 amide bonds. The van der Waals surface area contributed by atoms with Crippen LogP contribution in [0.2, 0.25) is 0 Å². The van der Waals surface area contributed by atoms with Gasteiger partial charge in [0.25, 0.3) is 0 Å². The maximum atomic E-state index is 5.76. The van der Waals surface area contributed by atoms with E-state index in [4.69, 9.17) is 5.73 Å². The molecule has 1 aliphatic carbocycles. The fourth-order valence-corrected chi connectivity index (χ4v) is 2.40. The van der Waals surface area contributed by atoms with Gasteiger partial charge in [-0.05, 0) is 31.0 Å². The fourth-order valence-electron chi connectivity index (χ4n) is 2.40. The van der Waals surface area contributed by atoms with Gasteiger partial charge in [0.05, 0.1) is 5.52 Å². The summed E-state index contributed by atoms with van der Waals surface area (Å²) in [6, 6.07) is 6.02. The smallest absolute Gasteiger partial charge is 0.0946 e. The molecule has 0 atom stereocenters. The van der Waals surface area contributed by atoms with Crippen LogP contribution in [-0.4, -0.2) is 9.78 Å². The monoisotopic (exact) mass is 201 g/mol. The summed E-state index contributed by atoms with van der Waals surface area (Å²) in [5.74, 6) is 0.712. The molecule has 0 bridgehead atoms. The highest BCUT2D eigenvalue weighted by Gasteiger charge is 2.24. The molecule has 0 unspecified atom stereocenters. The van der Waals surface area contributed by atoms with Gasteiger partial charge in [0.15, 0.2) is 0 Å². The minimum absolute atomic E-state index is 0.712. The van der Waals surface area contributed by atoms with Crippen LogP contribution < -0.4 is 5.73 Å². The van der Waals surface area contributed by atoms with Crippen molar-refractivity contribution in [3.63, 3.8) is 0 Å². The quantitative estimate of drug-likeness (QED) is 0.720. The molecular formula is C12H15N3. The van der Waals surface area contributed by atoms with E-state index in [2.05, 4.69) is 11.2 Å². The van der Waals surface area contributed by atoms with Crippen LogP contribution in [0.4, 0.5) is 5.69 Å². The second kappa shape index (κ2) is 2.99. The fraction of sp³-hybridized carbons (Fsp3) is 0.417. The van der Waals surface area contributed by atoms with Gasteiger partial charge in [0.1, 0.15) is 0 Å². The molecule has 1 aliphatic rings. The Bertz CT molecular complexity index is 509. The first-order valence-corrected chi connectivity index (χ1v) is 5.48. The number of nitrogens with two attached hydrogens (primary N) is 1. The lowest BCUT2D eigenvalue weighted by Crippen LogP contribution is -2.13. The Kier molecular flexibility index (Phi) is 1.75. The predicted molar refractivity (Wildman–Crippen MR) is 61.7 cm³/mol. The molecule has 1 fully saturated rings. The molecule has 1 aromatic heterocycles. The number of hydrogen-bond donors (Lipinski definition) is 1. The highest BCUT2D eigenvalue weighted by atomic mass is 15.3. The van der Waals surface area contributed by atoms with Gasteiger partial charge in [-0.25, -0.2) is 0 Å². The molecule has 3 nitrogen and oxygen atoms in total. The molecule has 15 heavy (non-hydrogen) atoms. The van der Waals surface area contributed by atoms with E-state index in [1.165, 1.54) is 30.3 Å². The highest BCUT2D eigenvalue weighted by Crippen LogP contribution is 2.39. The van der Waals surface area contributed by atoms with E-state index in [1.54, 1.807) is 0 Å². The maximum Gasteiger partial charge on any atom is 0.0946 e. The van der Waals surface area contributed by atoms with Gasteiger partial charge < -0.3 is 5.73 Å². The second-order valence-electron chi connectivity index (χ2n) is 4.41. The summed E-state index contributed by atoms with van der Waals surface area (Å²) in [4.78, 5) is 0. The summed E-state index contributed by atoms with van der Waals surface area (Å²) in [7, 11) is 2.03. The SMILES string of the molecule is Cn1nc2cc(N)ccc2c1C1CCC1. The Labute approximate surface area is 88.9 Å². The van der Waals surface area contributed by atoms with Gasteiger partial charge in [-0.15, -0.1) is 0 Å². The van der Waals surface area contributed by atoms with Gasteiger partial charge in [0.2, 0.25) is 0 Å².